The Kier molecular flexibility index (Phi) is 11.3. The molecule has 1 aromatic rings. The van der Waals surface area contributed by atoms with Crippen LogP contribution in [0.2, 0.25) is 0 Å². The molecule has 0 unspecified atom stereocenters. The summed E-state index contributed by atoms with van der Waals surface area (Å²) in [6, 6.07) is 0. The van der Waals surface area contributed by atoms with Gasteiger partial charge >= 0.3 is 6.18 Å². The van der Waals surface area contributed by atoms with Crippen molar-refractivity contribution in [1.82, 2.24) is 20.0 Å². The van der Waals surface area contributed by atoms with Gasteiger partial charge in [0.05, 0.1) is 25.8 Å². The number of hydrogen-bond acceptors (Lipinski definition) is 7. The molecule has 11 nitrogen and oxygen atoms in total. The lowest BCUT2D eigenvalue weighted by molar-refractivity contribution is -0.141. The van der Waals surface area contributed by atoms with Gasteiger partial charge in [0.15, 0.2) is 11.3 Å². The van der Waals surface area contributed by atoms with Crippen molar-refractivity contribution in [1.29, 1.82) is 0 Å². The average molecular weight is 537 g/mol. The molecule has 2 rings (SSSR count). The monoisotopic (exact) mass is 536 g/mol. The number of amides is 1. The van der Waals surface area contributed by atoms with Gasteiger partial charge in [0.2, 0.25) is 11.9 Å². The number of rotatable bonds is 10. The van der Waals surface area contributed by atoms with E-state index in [1.807, 2.05) is 4.90 Å². The topological polar surface area (TPSA) is 122 Å². The molecule has 200 valence electrons. The minimum atomic E-state index is -4.92. The number of halogens is 4. The second-order valence-electron chi connectivity index (χ2n) is 7.62. The summed E-state index contributed by atoms with van der Waals surface area (Å²) in [5, 5.41) is 5.57. The van der Waals surface area contributed by atoms with Gasteiger partial charge in [-0.3, -0.25) is 9.59 Å². The number of piperazine rings is 1. The molecule has 0 spiro atoms. The molecule has 1 aromatic heterocycles. The van der Waals surface area contributed by atoms with Crippen LogP contribution in [0.15, 0.2) is 32.2 Å². The number of hydrogen-bond donors (Lipinski definition) is 1. The van der Waals surface area contributed by atoms with E-state index in [0.29, 0.717) is 37.2 Å². The first-order chi connectivity index (χ1) is 17.1. The van der Waals surface area contributed by atoms with Gasteiger partial charge in [-0.1, -0.05) is 11.6 Å². The van der Waals surface area contributed by atoms with E-state index in [4.69, 9.17) is 25.8 Å². The molecule has 0 aromatic carbocycles. The van der Waals surface area contributed by atoms with Gasteiger partial charge in [0.1, 0.15) is 12.7 Å². The lowest BCUT2D eigenvalue weighted by Gasteiger charge is -2.35. The van der Waals surface area contributed by atoms with Gasteiger partial charge in [-0.2, -0.15) is 18.3 Å². The largest absolute Gasteiger partial charge is 0.488 e. The maximum Gasteiger partial charge on any atom is 0.425 e. The zero-order chi connectivity index (χ0) is 26.7. The molecule has 1 fully saturated rings. The van der Waals surface area contributed by atoms with Crippen molar-refractivity contribution in [2.75, 3.05) is 53.1 Å². The number of aromatic nitrogens is 2. The van der Waals surface area contributed by atoms with E-state index in [9.17, 15) is 22.8 Å². The van der Waals surface area contributed by atoms with Crippen molar-refractivity contribution in [3.8, 4) is 5.75 Å². The maximum absolute atomic E-state index is 13.2. The van der Waals surface area contributed by atoms with Gasteiger partial charge in [-0.15, -0.1) is 0 Å². The lowest BCUT2D eigenvalue weighted by Crippen LogP contribution is -2.50. The van der Waals surface area contributed by atoms with Crippen LogP contribution >= 0.6 is 11.6 Å². The SMILES string of the molecule is C=N/C(=N\C=C(/C)Cl)N1CCN(C(=O)CCO[C@@H](COC)COc2cn[nH]c(=O)c2C(F)(F)F)CC1. The summed E-state index contributed by atoms with van der Waals surface area (Å²) >= 11 is 5.79. The van der Waals surface area contributed by atoms with E-state index >= 15 is 0 Å². The number of allylic oxidation sites excluding steroid dienone is 1. The number of carbonyl (C=O) groups is 1. The fourth-order valence-electron chi connectivity index (χ4n) is 3.27. The predicted molar refractivity (Wildman–Crippen MR) is 126 cm³/mol. The van der Waals surface area contributed by atoms with Gasteiger partial charge in [0.25, 0.3) is 5.56 Å². The van der Waals surface area contributed by atoms with E-state index in [1.165, 1.54) is 13.3 Å². The van der Waals surface area contributed by atoms with E-state index in [2.05, 4.69) is 21.8 Å². The first-order valence-electron chi connectivity index (χ1n) is 10.8. The van der Waals surface area contributed by atoms with Gasteiger partial charge in [-0.25, -0.2) is 15.1 Å². The quantitative estimate of drug-likeness (QED) is 0.358. The van der Waals surface area contributed by atoms with Gasteiger partial charge in [-0.05, 0) is 13.6 Å². The summed E-state index contributed by atoms with van der Waals surface area (Å²) in [6.07, 6.45) is -3.42. The number of alkyl halides is 3. The Morgan fingerprint density at radius 1 is 1.31 bits per heavy atom. The minimum Gasteiger partial charge on any atom is -0.488 e. The van der Waals surface area contributed by atoms with E-state index in [0.717, 1.165) is 6.20 Å². The number of aliphatic imine (C=N–C) groups is 2. The van der Waals surface area contributed by atoms with E-state index < -0.39 is 29.2 Å². The van der Waals surface area contributed by atoms with Crippen molar-refractivity contribution in [3.63, 3.8) is 0 Å². The van der Waals surface area contributed by atoms with Crippen LogP contribution in [0.1, 0.15) is 18.9 Å². The molecule has 1 atom stereocenters. The first kappa shape index (κ1) is 29.3. The Labute approximate surface area is 210 Å². The normalized spacial score (nSPS) is 16.2. The highest BCUT2D eigenvalue weighted by Gasteiger charge is 2.38. The third-order valence-electron chi connectivity index (χ3n) is 4.97. The number of H-pyrrole nitrogens is 1. The van der Waals surface area contributed by atoms with E-state index in [1.54, 1.807) is 16.9 Å². The van der Waals surface area contributed by atoms with Crippen LogP contribution in [0.3, 0.4) is 0 Å². The Morgan fingerprint density at radius 2 is 1.97 bits per heavy atom. The van der Waals surface area contributed by atoms with Crippen LogP contribution in [-0.2, 0) is 20.4 Å². The summed E-state index contributed by atoms with van der Waals surface area (Å²) in [5.41, 5.74) is -2.90. The Hall–Kier alpha value is -2.97. The zero-order valence-electron chi connectivity index (χ0n) is 19.9. The lowest BCUT2D eigenvalue weighted by atomic mass is 10.2. The Morgan fingerprint density at radius 3 is 2.56 bits per heavy atom. The van der Waals surface area contributed by atoms with Crippen molar-refractivity contribution < 1.29 is 32.2 Å². The third-order valence-corrected chi connectivity index (χ3v) is 5.06. The van der Waals surface area contributed by atoms with Crippen LogP contribution in [-0.4, -0.2) is 97.8 Å². The summed E-state index contributed by atoms with van der Waals surface area (Å²) in [4.78, 5) is 35.7. The number of guanidine groups is 1. The van der Waals surface area contributed by atoms with Crippen LogP contribution in [0.25, 0.3) is 0 Å². The molecular formula is C21H28ClF3N6O5. The molecule has 1 aliphatic rings. The standard InChI is InChI=1S/C21H28ClF3N6O5/c1-14(22)10-27-20(26-2)31-7-5-30(6-8-31)17(32)4-9-35-15(12-34-3)13-36-16-11-28-29-19(33)18(16)21(23,24)25/h10-11,15H,2,4-9,12-13H2,1,3H3,(H,29,33)/b14-10+,27-20+/t15-/m0/s1. The maximum atomic E-state index is 13.2. The molecule has 0 aliphatic carbocycles. The molecule has 36 heavy (non-hydrogen) atoms. The van der Waals surface area contributed by atoms with Crippen LogP contribution in [0.4, 0.5) is 13.2 Å². The summed E-state index contributed by atoms with van der Waals surface area (Å²) in [5.74, 6) is -0.456. The number of ether oxygens (including phenoxy) is 3. The molecule has 1 amide bonds. The Bertz CT molecular complexity index is 1000. The molecule has 0 saturated carbocycles. The van der Waals surface area contributed by atoms with Crippen molar-refractivity contribution >= 4 is 30.2 Å². The third kappa shape index (κ3) is 8.91. The number of nitrogens with one attached hydrogen (secondary N) is 1. The second kappa shape index (κ2) is 13.9. The van der Waals surface area contributed by atoms with Crippen molar-refractivity contribution in [2.45, 2.75) is 25.6 Å². The highest BCUT2D eigenvalue weighted by Crippen LogP contribution is 2.32. The Balaban J connectivity index is 1.85. The molecule has 1 aliphatic heterocycles. The minimum absolute atomic E-state index is 0.00226. The fraction of sp³-hybridized carbons (Fsp3) is 0.571. The molecular weight excluding hydrogens is 509 g/mol. The summed E-state index contributed by atoms with van der Waals surface area (Å²) in [7, 11) is 1.39. The van der Waals surface area contributed by atoms with Crippen LogP contribution in [0.5, 0.6) is 5.75 Å². The summed E-state index contributed by atoms with van der Waals surface area (Å²) < 4.78 is 55.3. The van der Waals surface area contributed by atoms with Crippen LogP contribution < -0.4 is 10.3 Å². The molecule has 2 heterocycles. The van der Waals surface area contributed by atoms with Crippen molar-refractivity contribution in [2.24, 2.45) is 9.98 Å². The smallest absolute Gasteiger partial charge is 0.425 e. The number of methoxy groups -OCH3 is 1. The van der Waals surface area contributed by atoms with Gasteiger partial charge < -0.3 is 24.0 Å². The first-order valence-corrected chi connectivity index (χ1v) is 11.2. The predicted octanol–water partition coefficient (Wildman–Crippen LogP) is 1.89. The highest BCUT2D eigenvalue weighted by molar-refractivity contribution is 6.29. The second-order valence-corrected chi connectivity index (χ2v) is 8.21. The van der Waals surface area contributed by atoms with Crippen molar-refractivity contribution in [3.05, 3.63) is 33.3 Å². The molecule has 15 heteroatoms. The van der Waals surface area contributed by atoms with Crippen LogP contribution in [0, 0.1) is 0 Å². The van der Waals surface area contributed by atoms with Gasteiger partial charge in [0, 0.05) is 44.5 Å². The summed E-state index contributed by atoms with van der Waals surface area (Å²) in [6.45, 7) is 6.74. The molecule has 1 N–H and O–H groups in total. The fourth-order valence-corrected chi connectivity index (χ4v) is 3.32. The molecule has 1 saturated heterocycles. The highest BCUT2D eigenvalue weighted by atomic mass is 35.5. The number of nitrogens with zero attached hydrogens (tertiary/aromatic N) is 5. The molecule has 0 radical (unpaired) electrons. The van der Waals surface area contributed by atoms with E-state index in [-0.39, 0.29) is 32.1 Å². The zero-order valence-corrected chi connectivity index (χ0v) is 20.6. The number of aromatic amines is 1. The average Bonchev–Trinajstić information content (AvgIpc) is 2.82. The number of carbonyl (C=O) groups excluding carboxylic acids is 1. The molecule has 0 bridgehead atoms.